The lowest BCUT2D eigenvalue weighted by atomic mass is 10.1. The van der Waals surface area contributed by atoms with Gasteiger partial charge in [0.05, 0.1) is 18.0 Å². The van der Waals surface area contributed by atoms with E-state index in [1.165, 1.54) is 0 Å². The van der Waals surface area contributed by atoms with Crippen LogP contribution in [0.15, 0.2) is 41.1 Å². The Morgan fingerprint density at radius 1 is 1.29 bits per heavy atom. The number of pyridine rings is 1. The van der Waals surface area contributed by atoms with E-state index in [9.17, 15) is 5.11 Å². The normalized spacial score (nSPS) is 16.2. The van der Waals surface area contributed by atoms with Crippen molar-refractivity contribution in [1.29, 1.82) is 0 Å². The first-order valence-electron chi connectivity index (χ1n) is 7.15. The van der Waals surface area contributed by atoms with Crippen molar-refractivity contribution in [2.75, 3.05) is 0 Å². The summed E-state index contributed by atoms with van der Waals surface area (Å²) in [7, 11) is 0. The summed E-state index contributed by atoms with van der Waals surface area (Å²) in [6.45, 7) is 0. The summed E-state index contributed by atoms with van der Waals surface area (Å²) in [5.41, 5.74) is 1.83. The molecule has 0 aliphatic heterocycles. The molecule has 5 heteroatoms. The van der Waals surface area contributed by atoms with E-state index in [1.54, 1.807) is 6.20 Å². The average molecular weight is 281 g/mol. The number of aliphatic hydroxyl groups is 1. The predicted octanol–water partition coefficient (Wildman–Crippen LogP) is 2.60. The lowest BCUT2D eigenvalue weighted by molar-refractivity contribution is 0.140. The van der Waals surface area contributed by atoms with Crippen LogP contribution in [0.5, 0.6) is 0 Å². The highest BCUT2D eigenvalue weighted by Crippen LogP contribution is 2.34. The molecule has 0 radical (unpaired) electrons. The summed E-state index contributed by atoms with van der Waals surface area (Å²) in [4.78, 5) is 8.67. The summed E-state index contributed by atoms with van der Waals surface area (Å²) >= 11 is 0. The van der Waals surface area contributed by atoms with Gasteiger partial charge in [-0.25, -0.2) is 0 Å². The van der Waals surface area contributed by atoms with Crippen molar-refractivity contribution in [3.05, 3.63) is 42.4 Å². The molecule has 1 fully saturated rings. The lowest BCUT2D eigenvalue weighted by Gasteiger charge is -2.03. The minimum Gasteiger partial charge on any atom is -0.392 e. The Kier molecular flexibility index (Phi) is 2.93. The van der Waals surface area contributed by atoms with Gasteiger partial charge in [-0.15, -0.1) is 0 Å². The minimum atomic E-state index is -0.362. The fourth-order valence-electron chi connectivity index (χ4n) is 2.50. The Balaban J connectivity index is 1.60. The molecule has 5 nitrogen and oxygen atoms in total. The molecule has 1 saturated carbocycles. The zero-order chi connectivity index (χ0) is 14.2. The predicted molar refractivity (Wildman–Crippen MR) is 77.5 cm³/mol. The molecule has 1 unspecified atom stereocenters. The Morgan fingerprint density at radius 2 is 2.19 bits per heavy atom. The van der Waals surface area contributed by atoms with Crippen molar-refractivity contribution in [1.82, 2.24) is 15.1 Å². The molecule has 21 heavy (non-hydrogen) atoms. The van der Waals surface area contributed by atoms with Crippen LogP contribution < -0.4 is 0 Å². The molecular weight excluding hydrogens is 266 g/mol. The van der Waals surface area contributed by atoms with Gasteiger partial charge in [0.25, 0.3) is 0 Å². The summed E-state index contributed by atoms with van der Waals surface area (Å²) in [6.07, 6.45) is 4.04. The second-order valence-corrected chi connectivity index (χ2v) is 5.53. The zero-order valence-electron chi connectivity index (χ0n) is 11.4. The molecule has 3 aromatic rings. The standard InChI is InChI=1S/C16H15N3O2/c20-14(10-3-4-10)9-15-18-16(19-21-15)12-5-6-13-11(8-12)2-1-7-17-13/h1-2,5-8,10,14,20H,3-4,9H2. The number of nitrogens with zero attached hydrogens (tertiary/aromatic N) is 3. The number of benzene rings is 1. The van der Waals surface area contributed by atoms with E-state index < -0.39 is 0 Å². The maximum absolute atomic E-state index is 9.93. The number of aliphatic hydroxyl groups excluding tert-OH is 1. The van der Waals surface area contributed by atoms with Crippen molar-refractivity contribution < 1.29 is 9.63 Å². The first-order valence-corrected chi connectivity index (χ1v) is 7.15. The van der Waals surface area contributed by atoms with Crippen LogP contribution in [0.1, 0.15) is 18.7 Å². The molecule has 0 spiro atoms. The van der Waals surface area contributed by atoms with Crippen LogP contribution in [0.3, 0.4) is 0 Å². The Hall–Kier alpha value is -2.27. The lowest BCUT2D eigenvalue weighted by Crippen LogP contribution is -2.12. The molecule has 1 atom stereocenters. The Bertz CT molecular complexity index is 780. The number of hydrogen-bond acceptors (Lipinski definition) is 5. The SMILES string of the molecule is OC(Cc1nc(-c2ccc3ncccc3c2)no1)C1CC1. The molecule has 1 aliphatic carbocycles. The molecule has 0 bridgehead atoms. The molecule has 1 N–H and O–H groups in total. The first kappa shape index (κ1) is 12.5. The van der Waals surface area contributed by atoms with E-state index >= 15 is 0 Å². The Labute approximate surface area is 121 Å². The number of hydrogen-bond donors (Lipinski definition) is 1. The third-order valence-electron chi connectivity index (χ3n) is 3.88. The summed E-state index contributed by atoms with van der Waals surface area (Å²) in [5.74, 6) is 1.46. The smallest absolute Gasteiger partial charge is 0.229 e. The van der Waals surface area contributed by atoms with Crippen molar-refractivity contribution in [2.24, 2.45) is 5.92 Å². The van der Waals surface area contributed by atoms with Crippen molar-refractivity contribution >= 4 is 10.9 Å². The highest BCUT2D eigenvalue weighted by Gasteiger charge is 2.31. The molecule has 4 rings (SSSR count). The van der Waals surface area contributed by atoms with Crippen LogP contribution >= 0.6 is 0 Å². The third kappa shape index (κ3) is 2.52. The number of aromatic nitrogens is 3. The van der Waals surface area contributed by atoms with Gasteiger partial charge in [0.15, 0.2) is 0 Å². The monoisotopic (exact) mass is 281 g/mol. The molecule has 0 saturated heterocycles. The topological polar surface area (TPSA) is 72.0 Å². The minimum absolute atomic E-state index is 0.362. The number of rotatable bonds is 4. The summed E-state index contributed by atoms with van der Waals surface area (Å²) < 4.78 is 5.24. The molecule has 0 amide bonds. The molecular formula is C16H15N3O2. The quantitative estimate of drug-likeness (QED) is 0.795. The van der Waals surface area contributed by atoms with E-state index in [4.69, 9.17) is 4.52 Å². The van der Waals surface area contributed by atoms with Crippen LogP contribution in [0.25, 0.3) is 22.3 Å². The van der Waals surface area contributed by atoms with Crippen LogP contribution in [-0.2, 0) is 6.42 Å². The van der Waals surface area contributed by atoms with Gasteiger partial charge in [-0.2, -0.15) is 4.98 Å². The van der Waals surface area contributed by atoms with Gasteiger partial charge in [-0.1, -0.05) is 11.2 Å². The zero-order valence-corrected chi connectivity index (χ0v) is 11.4. The van der Waals surface area contributed by atoms with Gasteiger partial charge >= 0.3 is 0 Å². The molecule has 1 aromatic carbocycles. The third-order valence-corrected chi connectivity index (χ3v) is 3.88. The van der Waals surface area contributed by atoms with Crippen molar-refractivity contribution in [3.8, 4) is 11.4 Å². The summed E-state index contributed by atoms with van der Waals surface area (Å²) in [5, 5.41) is 15.0. The molecule has 2 heterocycles. The average Bonchev–Trinajstić information content (AvgIpc) is 3.27. The maximum atomic E-state index is 9.93. The van der Waals surface area contributed by atoms with E-state index in [0.29, 0.717) is 24.1 Å². The number of fused-ring (bicyclic) bond motifs is 1. The summed E-state index contributed by atoms with van der Waals surface area (Å²) in [6, 6.07) is 9.78. The van der Waals surface area contributed by atoms with Gasteiger partial charge in [-0.05, 0) is 43.0 Å². The van der Waals surface area contributed by atoms with Gasteiger partial charge in [0.1, 0.15) is 0 Å². The fourth-order valence-corrected chi connectivity index (χ4v) is 2.50. The van der Waals surface area contributed by atoms with E-state index in [1.807, 2.05) is 30.3 Å². The maximum Gasteiger partial charge on any atom is 0.229 e. The van der Waals surface area contributed by atoms with Crippen molar-refractivity contribution in [2.45, 2.75) is 25.4 Å². The van der Waals surface area contributed by atoms with Crippen LogP contribution in [0.4, 0.5) is 0 Å². The fraction of sp³-hybridized carbons (Fsp3) is 0.312. The van der Waals surface area contributed by atoms with Gasteiger partial charge < -0.3 is 9.63 Å². The van der Waals surface area contributed by atoms with E-state index in [2.05, 4.69) is 15.1 Å². The van der Waals surface area contributed by atoms with Crippen LogP contribution in [0.2, 0.25) is 0 Å². The molecule has 106 valence electrons. The Morgan fingerprint density at radius 3 is 3.05 bits per heavy atom. The van der Waals surface area contributed by atoms with Gasteiger partial charge in [0, 0.05) is 17.1 Å². The van der Waals surface area contributed by atoms with E-state index in [0.717, 1.165) is 29.3 Å². The second-order valence-electron chi connectivity index (χ2n) is 5.53. The highest BCUT2D eigenvalue weighted by molar-refractivity contribution is 5.82. The second kappa shape index (κ2) is 4.93. The first-order chi connectivity index (χ1) is 10.3. The van der Waals surface area contributed by atoms with Gasteiger partial charge in [0.2, 0.25) is 11.7 Å². The van der Waals surface area contributed by atoms with Crippen molar-refractivity contribution in [3.63, 3.8) is 0 Å². The van der Waals surface area contributed by atoms with Crippen LogP contribution in [-0.4, -0.2) is 26.3 Å². The van der Waals surface area contributed by atoms with Gasteiger partial charge in [-0.3, -0.25) is 4.98 Å². The largest absolute Gasteiger partial charge is 0.392 e. The van der Waals surface area contributed by atoms with Crippen LogP contribution in [0, 0.1) is 5.92 Å². The molecule has 2 aromatic heterocycles. The highest BCUT2D eigenvalue weighted by atomic mass is 16.5. The van der Waals surface area contributed by atoms with E-state index in [-0.39, 0.29) is 6.10 Å². The molecule has 1 aliphatic rings.